The Morgan fingerprint density at radius 3 is 2.48 bits per heavy atom. The van der Waals surface area contributed by atoms with Gasteiger partial charge in [-0.05, 0) is 26.0 Å². The van der Waals surface area contributed by atoms with E-state index < -0.39 is 16.8 Å². The summed E-state index contributed by atoms with van der Waals surface area (Å²) in [5, 5.41) is 14.2. The molecule has 112 valence electrons. The Kier molecular flexibility index (Phi) is 3.67. The molecule has 0 spiro atoms. The highest BCUT2D eigenvalue weighted by Crippen LogP contribution is 2.28. The molecule has 0 aromatic carbocycles. The van der Waals surface area contributed by atoms with Gasteiger partial charge in [0.2, 0.25) is 0 Å². The normalized spacial score (nSPS) is 11.7. The molecule has 0 N–H and O–H groups in total. The largest absolute Gasteiger partial charge is 0.435 e. The summed E-state index contributed by atoms with van der Waals surface area (Å²) >= 11 is 0. The van der Waals surface area contributed by atoms with Crippen LogP contribution >= 0.6 is 0 Å². The fourth-order valence-corrected chi connectivity index (χ4v) is 1.85. The van der Waals surface area contributed by atoms with Crippen LogP contribution in [-0.2, 0) is 12.7 Å². The molecule has 9 heteroatoms. The van der Waals surface area contributed by atoms with Crippen LogP contribution < -0.4 is 0 Å². The van der Waals surface area contributed by atoms with Crippen LogP contribution in [0.15, 0.2) is 18.3 Å². The summed E-state index contributed by atoms with van der Waals surface area (Å²) in [4.78, 5) is 14.0. The van der Waals surface area contributed by atoms with E-state index in [1.807, 2.05) is 0 Å². The van der Waals surface area contributed by atoms with E-state index >= 15 is 0 Å². The van der Waals surface area contributed by atoms with Gasteiger partial charge in [0.05, 0.1) is 17.2 Å². The SMILES string of the molecule is Cc1cc(Cn2nc(C(F)(F)F)cc2C)ncc1[N+](=O)[O-]. The van der Waals surface area contributed by atoms with Crippen molar-refractivity contribution in [1.82, 2.24) is 14.8 Å². The molecule has 0 aliphatic carbocycles. The lowest BCUT2D eigenvalue weighted by molar-refractivity contribution is -0.385. The number of aryl methyl sites for hydroxylation is 2. The Hall–Kier alpha value is -2.45. The lowest BCUT2D eigenvalue weighted by atomic mass is 10.2. The Morgan fingerprint density at radius 1 is 1.33 bits per heavy atom. The van der Waals surface area contributed by atoms with Crippen molar-refractivity contribution in [2.45, 2.75) is 26.6 Å². The zero-order valence-electron chi connectivity index (χ0n) is 11.2. The van der Waals surface area contributed by atoms with Gasteiger partial charge in [-0.15, -0.1) is 0 Å². The van der Waals surface area contributed by atoms with Crippen molar-refractivity contribution in [2.24, 2.45) is 0 Å². The number of hydrogen-bond acceptors (Lipinski definition) is 4. The monoisotopic (exact) mass is 300 g/mol. The standard InChI is InChI=1S/C12H11F3N4O2/c1-7-3-9(16-5-10(7)19(20)21)6-18-8(2)4-11(17-18)12(13,14)15/h3-5H,6H2,1-2H3. The van der Waals surface area contributed by atoms with Gasteiger partial charge in [0.1, 0.15) is 6.20 Å². The lowest BCUT2D eigenvalue weighted by Gasteiger charge is -2.05. The highest BCUT2D eigenvalue weighted by atomic mass is 19.4. The molecule has 0 radical (unpaired) electrons. The van der Waals surface area contributed by atoms with Crippen LogP contribution in [0, 0.1) is 24.0 Å². The smallest absolute Gasteiger partial charge is 0.263 e. The minimum atomic E-state index is -4.51. The van der Waals surface area contributed by atoms with E-state index in [-0.39, 0.29) is 12.2 Å². The van der Waals surface area contributed by atoms with Crippen molar-refractivity contribution < 1.29 is 18.1 Å². The minimum absolute atomic E-state index is 0.0146. The molecule has 0 fully saturated rings. The van der Waals surface area contributed by atoms with Gasteiger partial charge in [-0.2, -0.15) is 18.3 Å². The van der Waals surface area contributed by atoms with E-state index in [2.05, 4.69) is 10.1 Å². The number of halogens is 3. The Morgan fingerprint density at radius 2 is 2.00 bits per heavy atom. The van der Waals surface area contributed by atoms with Crippen LogP contribution in [0.1, 0.15) is 22.6 Å². The maximum absolute atomic E-state index is 12.6. The lowest BCUT2D eigenvalue weighted by Crippen LogP contribution is -2.10. The van der Waals surface area contributed by atoms with E-state index in [1.54, 1.807) is 6.92 Å². The molecule has 2 rings (SSSR count). The number of pyridine rings is 1. The van der Waals surface area contributed by atoms with Crippen LogP contribution in [0.4, 0.5) is 18.9 Å². The number of nitrogens with zero attached hydrogens (tertiary/aromatic N) is 4. The first-order valence-electron chi connectivity index (χ1n) is 5.90. The van der Waals surface area contributed by atoms with Crippen molar-refractivity contribution >= 4 is 5.69 Å². The molecule has 2 aromatic heterocycles. The fourth-order valence-electron chi connectivity index (χ4n) is 1.85. The number of rotatable bonds is 3. The third-order valence-corrected chi connectivity index (χ3v) is 2.92. The average molecular weight is 300 g/mol. The molecule has 0 atom stereocenters. The maximum Gasteiger partial charge on any atom is 0.435 e. The fraction of sp³-hybridized carbons (Fsp3) is 0.333. The summed E-state index contributed by atoms with van der Waals surface area (Å²) in [7, 11) is 0. The Balaban J connectivity index is 2.29. The van der Waals surface area contributed by atoms with Crippen LogP contribution in [0.5, 0.6) is 0 Å². The molecule has 0 saturated carbocycles. The summed E-state index contributed by atoms with van der Waals surface area (Å²) in [5.74, 6) is 0. The highest BCUT2D eigenvalue weighted by molar-refractivity contribution is 5.37. The van der Waals surface area contributed by atoms with E-state index in [0.717, 1.165) is 16.9 Å². The molecule has 0 unspecified atom stereocenters. The van der Waals surface area contributed by atoms with E-state index in [1.165, 1.54) is 13.0 Å². The van der Waals surface area contributed by atoms with E-state index in [4.69, 9.17) is 0 Å². The second-order valence-electron chi connectivity index (χ2n) is 4.55. The predicted molar refractivity (Wildman–Crippen MR) is 66.7 cm³/mol. The first kappa shape index (κ1) is 14.9. The van der Waals surface area contributed by atoms with Gasteiger partial charge in [-0.25, -0.2) is 0 Å². The quantitative estimate of drug-likeness (QED) is 0.645. The van der Waals surface area contributed by atoms with Crippen molar-refractivity contribution in [3.63, 3.8) is 0 Å². The van der Waals surface area contributed by atoms with Crippen LogP contribution in [0.2, 0.25) is 0 Å². The maximum atomic E-state index is 12.6. The van der Waals surface area contributed by atoms with Crippen molar-refractivity contribution in [3.8, 4) is 0 Å². The number of nitro groups is 1. The summed E-state index contributed by atoms with van der Waals surface area (Å²) < 4.78 is 38.8. The van der Waals surface area contributed by atoms with Gasteiger partial charge in [0, 0.05) is 11.3 Å². The van der Waals surface area contributed by atoms with Crippen molar-refractivity contribution in [2.75, 3.05) is 0 Å². The van der Waals surface area contributed by atoms with Gasteiger partial charge in [-0.1, -0.05) is 0 Å². The molecule has 6 nitrogen and oxygen atoms in total. The van der Waals surface area contributed by atoms with E-state index in [0.29, 0.717) is 17.0 Å². The van der Waals surface area contributed by atoms with Crippen molar-refractivity contribution in [3.05, 3.63) is 51.1 Å². The minimum Gasteiger partial charge on any atom is -0.263 e. The van der Waals surface area contributed by atoms with E-state index in [9.17, 15) is 23.3 Å². The van der Waals surface area contributed by atoms with Crippen LogP contribution in [0.25, 0.3) is 0 Å². The number of hydrogen-bond donors (Lipinski definition) is 0. The second-order valence-corrected chi connectivity index (χ2v) is 4.55. The van der Waals surface area contributed by atoms with Crippen molar-refractivity contribution in [1.29, 1.82) is 0 Å². The van der Waals surface area contributed by atoms with Crippen LogP contribution in [0.3, 0.4) is 0 Å². The molecule has 0 saturated heterocycles. The Bertz CT molecular complexity index is 694. The molecule has 2 heterocycles. The molecule has 21 heavy (non-hydrogen) atoms. The molecule has 0 amide bonds. The highest BCUT2D eigenvalue weighted by Gasteiger charge is 2.34. The molecule has 0 aliphatic rings. The van der Waals surface area contributed by atoms with Gasteiger partial charge in [0.15, 0.2) is 5.69 Å². The molecule has 0 bridgehead atoms. The summed E-state index contributed by atoms with van der Waals surface area (Å²) in [6.45, 7) is 3.06. The predicted octanol–water partition coefficient (Wildman–Crippen LogP) is 2.87. The first-order chi connectivity index (χ1) is 9.68. The summed E-state index contributed by atoms with van der Waals surface area (Å²) in [6.07, 6.45) is -3.41. The summed E-state index contributed by atoms with van der Waals surface area (Å²) in [6, 6.07) is 2.41. The van der Waals surface area contributed by atoms with Crippen LogP contribution in [-0.4, -0.2) is 19.7 Å². The second kappa shape index (κ2) is 5.15. The number of aromatic nitrogens is 3. The van der Waals surface area contributed by atoms with Gasteiger partial charge >= 0.3 is 6.18 Å². The van der Waals surface area contributed by atoms with Gasteiger partial charge in [0.25, 0.3) is 5.69 Å². The zero-order chi connectivity index (χ0) is 15.8. The third-order valence-electron chi connectivity index (χ3n) is 2.92. The Labute approximate surface area is 117 Å². The zero-order valence-corrected chi connectivity index (χ0v) is 11.2. The first-order valence-corrected chi connectivity index (χ1v) is 5.90. The average Bonchev–Trinajstić information content (AvgIpc) is 2.70. The van der Waals surface area contributed by atoms with Gasteiger partial charge < -0.3 is 0 Å². The molecule has 0 aliphatic heterocycles. The number of alkyl halides is 3. The molecular weight excluding hydrogens is 289 g/mol. The molecular formula is C12H11F3N4O2. The third kappa shape index (κ3) is 3.18. The summed E-state index contributed by atoms with van der Waals surface area (Å²) in [5.41, 5.74) is 0.0227. The molecule has 2 aromatic rings. The van der Waals surface area contributed by atoms with Gasteiger partial charge in [-0.3, -0.25) is 19.8 Å². The topological polar surface area (TPSA) is 73.8 Å².